The van der Waals surface area contributed by atoms with Crippen LogP contribution in [-0.2, 0) is 4.79 Å². The summed E-state index contributed by atoms with van der Waals surface area (Å²) in [5.41, 5.74) is 11.3. The predicted molar refractivity (Wildman–Crippen MR) is 102 cm³/mol. The van der Waals surface area contributed by atoms with Crippen molar-refractivity contribution in [1.29, 1.82) is 0 Å². The first-order chi connectivity index (χ1) is 10.7. The third-order valence-electron chi connectivity index (χ3n) is 6.05. The lowest BCUT2D eigenvalue weighted by Gasteiger charge is -2.39. The van der Waals surface area contributed by atoms with Crippen LogP contribution in [-0.4, -0.2) is 14.7 Å². The van der Waals surface area contributed by atoms with Crippen LogP contribution < -0.4 is 10.9 Å². The van der Waals surface area contributed by atoms with Crippen molar-refractivity contribution >= 4 is 19.9 Å². The van der Waals surface area contributed by atoms with Gasteiger partial charge in [0.15, 0.2) is 0 Å². The van der Waals surface area contributed by atoms with Crippen LogP contribution in [0.5, 0.6) is 0 Å². The van der Waals surface area contributed by atoms with Gasteiger partial charge in [-0.05, 0) is 42.9 Å². The molecule has 3 atom stereocenters. The summed E-state index contributed by atoms with van der Waals surface area (Å²) in [7, 11) is -1.42. The number of rotatable bonds is 5. The molecule has 3 heteroatoms. The van der Waals surface area contributed by atoms with Gasteiger partial charge in [-0.2, -0.15) is 0 Å². The van der Waals surface area contributed by atoms with Gasteiger partial charge in [0.25, 0.3) is 0 Å². The summed E-state index contributed by atoms with van der Waals surface area (Å²) in [6, 6.07) is 10.7. The van der Waals surface area contributed by atoms with Gasteiger partial charge in [-0.25, -0.2) is 0 Å². The lowest BCUT2D eigenvalue weighted by atomic mass is 9.85. The van der Waals surface area contributed by atoms with Gasteiger partial charge in [-0.1, -0.05) is 67.1 Å². The van der Waals surface area contributed by atoms with Crippen molar-refractivity contribution in [3.8, 4) is 0 Å². The fraction of sp³-hybridized carbons (Fsp3) is 0.450. The zero-order chi connectivity index (χ0) is 17.4. The molecule has 23 heavy (non-hydrogen) atoms. The summed E-state index contributed by atoms with van der Waals surface area (Å²) >= 11 is 0. The topological polar surface area (TPSA) is 43.1 Å². The fourth-order valence-electron chi connectivity index (χ4n) is 4.24. The normalized spacial score (nSPS) is 22.3. The van der Waals surface area contributed by atoms with Crippen molar-refractivity contribution in [1.82, 2.24) is 0 Å². The average molecular weight is 328 g/mol. The smallest absolute Gasteiger partial charge is 0.218 e. The Morgan fingerprint density at radius 1 is 1.17 bits per heavy atom. The Morgan fingerprint density at radius 2 is 1.74 bits per heavy atom. The summed E-state index contributed by atoms with van der Waals surface area (Å²) in [5.74, 6) is 0.204. The molecular weight excluding hydrogens is 298 g/mol. The summed E-state index contributed by atoms with van der Waals surface area (Å²) in [5, 5.41) is 1.27. The molecule has 124 valence electrons. The number of nitrogens with two attached hydrogens (primary N) is 1. The van der Waals surface area contributed by atoms with E-state index in [9.17, 15) is 4.79 Å². The van der Waals surface area contributed by atoms with Crippen molar-refractivity contribution in [2.75, 3.05) is 0 Å². The highest BCUT2D eigenvalue weighted by molar-refractivity contribution is 6.75. The number of carbonyl (C=O) groups excluding carboxylic acids is 1. The lowest BCUT2D eigenvalue weighted by molar-refractivity contribution is -0.118. The summed E-state index contributed by atoms with van der Waals surface area (Å²) < 4.78 is 0. The first-order valence-corrected chi connectivity index (χ1v) is 10.7. The third kappa shape index (κ3) is 3.07. The van der Waals surface area contributed by atoms with E-state index in [2.05, 4.69) is 71.5 Å². The Labute approximate surface area is 142 Å². The van der Waals surface area contributed by atoms with Crippen molar-refractivity contribution < 1.29 is 4.79 Å². The largest absolute Gasteiger partial charge is 0.370 e. The van der Waals surface area contributed by atoms with E-state index < -0.39 is 8.80 Å². The number of hydrogen-bond donors (Lipinski definition) is 1. The summed E-state index contributed by atoms with van der Waals surface area (Å²) in [6.07, 6.45) is 0.437. The SMILES string of the molecule is CC1=C(C)C(C)C(C(C)(CC(N)=O)[SiH](C)c2ccccc2)=C1C. The molecule has 1 aliphatic rings. The summed E-state index contributed by atoms with van der Waals surface area (Å²) in [6.45, 7) is 13.5. The molecule has 0 bridgehead atoms. The Balaban J connectivity index is 2.56. The number of amides is 1. The second-order valence-electron chi connectivity index (χ2n) is 7.26. The molecule has 0 aromatic heterocycles. The van der Waals surface area contributed by atoms with Crippen LogP contribution in [0.4, 0.5) is 0 Å². The fourth-order valence-corrected chi connectivity index (χ4v) is 7.22. The van der Waals surface area contributed by atoms with Gasteiger partial charge in [0.1, 0.15) is 0 Å². The minimum atomic E-state index is -1.42. The molecule has 0 aliphatic heterocycles. The van der Waals surface area contributed by atoms with Gasteiger partial charge in [-0.3, -0.25) is 4.79 Å². The number of allylic oxidation sites excluding steroid dienone is 4. The van der Waals surface area contributed by atoms with E-state index in [0.717, 1.165) is 0 Å². The highest BCUT2D eigenvalue weighted by Gasteiger charge is 2.43. The molecule has 0 fully saturated rings. The number of primary amides is 1. The van der Waals surface area contributed by atoms with Gasteiger partial charge >= 0.3 is 0 Å². The maximum Gasteiger partial charge on any atom is 0.218 e. The van der Waals surface area contributed by atoms with Crippen molar-refractivity contribution in [2.24, 2.45) is 11.7 Å². The molecule has 2 N–H and O–H groups in total. The maximum atomic E-state index is 11.9. The minimum Gasteiger partial charge on any atom is -0.370 e. The predicted octanol–water partition coefficient (Wildman–Crippen LogP) is 3.69. The standard InChI is InChI=1S/C20H29NOSi/c1-13-14(2)16(4)19(15(13)3)20(5,12-18(21)22)23(6)17-10-8-7-9-11-17/h7-11,15,23H,12H2,1-6H3,(H2,21,22). The maximum absolute atomic E-state index is 11.9. The molecule has 0 heterocycles. The third-order valence-corrected chi connectivity index (χ3v) is 9.86. The highest BCUT2D eigenvalue weighted by atomic mass is 28.3. The Kier molecular flexibility index (Phi) is 5.00. The molecule has 1 aromatic rings. The molecule has 0 saturated heterocycles. The molecular formula is C20H29NOSi. The molecule has 1 aromatic carbocycles. The zero-order valence-corrected chi connectivity index (χ0v) is 16.4. The van der Waals surface area contributed by atoms with Crippen LogP contribution in [0.2, 0.25) is 11.6 Å². The molecule has 2 rings (SSSR count). The average Bonchev–Trinajstić information content (AvgIpc) is 2.70. The van der Waals surface area contributed by atoms with E-state index in [0.29, 0.717) is 12.3 Å². The van der Waals surface area contributed by atoms with E-state index in [-0.39, 0.29) is 10.9 Å². The monoisotopic (exact) mass is 327 g/mol. The van der Waals surface area contributed by atoms with Gasteiger partial charge in [0.2, 0.25) is 5.91 Å². The van der Waals surface area contributed by atoms with Crippen LogP contribution in [0.3, 0.4) is 0 Å². The molecule has 0 radical (unpaired) electrons. The van der Waals surface area contributed by atoms with Gasteiger partial charge < -0.3 is 5.73 Å². The van der Waals surface area contributed by atoms with Gasteiger partial charge in [-0.15, -0.1) is 0 Å². The summed E-state index contributed by atoms with van der Waals surface area (Å²) in [4.78, 5) is 11.9. The van der Waals surface area contributed by atoms with Gasteiger partial charge in [0.05, 0.1) is 8.80 Å². The molecule has 3 unspecified atom stereocenters. The van der Waals surface area contributed by atoms with Crippen LogP contribution in [0.15, 0.2) is 52.6 Å². The van der Waals surface area contributed by atoms with Crippen molar-refractivity contribution in [2.45, 2.75) is 52.6 Å². The van der Waals surface area contributed by atoms with E-state index in [1.165, 1.54) is 27.5 Å². The first-order valence-electron chi connectivity index (χ1n) is 8.42. The van der Waals surface area contributed by atoms with E-state index in [4.69, 9.17) is 5.73 Å². The Hall–Kier alpha value is -1.61. The molecule has 1 amide bonds. The molecule has 2 nitrogen and oxygen atoms in total. The second-order valence-corrected chi connectivity index (χ2v) is 10.6. The van der Waals surface area contributed by atoms with Crippen LogP contribution in [0.25, 0.3) is 0 Å². The van der Waals surface area contributed by atoms with E-state index in [1.807, 2.05) is 0 Å². The van der Waals surface area contributed by atoms with Gasteiger partial charge in [0, 0.05) is 6.42 Å². The number of benzene rings is 1. The number of hydrogen-bond acceptors (Lipinski definition) is 1. The number of carbonyl (C=O) groups is 1. The Bertz CT molecular complexity index is 674. The highest BCUT2D eigenvalue weighted by Crippen LogP contribution is 2.53. The molecule has 1 aliphatic carbocycles. The van der Waals surface area contributed by atoms with E-state index in [1.54, 1.807) is 0 Å². The van der Waals surface area contributed by atoms with Crippen LogP contribution in [0, 0.1) is 5.92 Å². The minimum absolute atomic E-state index is 0.129. The first kappa shape index (κ1) is 17.7. The van der Waals surface area contributed by atoms with Crippen LogP contribution in [0.1, 0.15) is 41.0 Å². The second kappa shape index (κ2) is 6.48. The van der Waals surface area contributed by atoms with E-state index >= 15 is 0 Å². The Morgan fingerprint density at radius 3 is 2.17 bits per heavy atom. The van der Waals surface area contributed by atoms with Crippen molar-refractivity contribution in [3.05, 3.63) is 52.6 Å². The molecule has 0 spiro atoms. The quantitative estimate of drug-likeness (QED) is 0.824. The molecule has 0 saturated carbocycles. The lowest BCUT2D eigenvalue weighted by Crippen LogP contribution is -2.43. The zero-order valence-electron chi connectivity index (χ0n) is 15.2. The van der Waals surface area contributed by atoms with Crippen LogP contribution >= 0.6 is 0 Å². The van der Waals surface area contributed by atoms with Crippen molar-refractivity contribution in [3.63, 3.8) is 0 Å².